The molecule has 1 saturated carbocycles. The van der Waals surface area contributed by atoms with Crippen LogP contribution in [0.2, 0.25) is 0 Å². The summed E-state index contributed by atoms with van der Waals surface area (Å²) in [6.07, 6.45) is 6.54. The number of hydrogen-bond donors (Lipinski definition) is 1. The van der Waals surface area contributed by atoms with Crippen LogP contribution in [0.15, 0.2) is 0 Å². The van der Waals surface area contributed by atoms with Crippen molar-refractivity contribution >= 4 is 5.91 Å². The molecule has 0 saturated heterocycles. The molecule has 1 aliphatic rings. The molecule has 2 N–H and O–H groups in total. The lowest BCUT2D eigenvalue weighted by atomic mass is 9.86. The maximum atomic E-state index is 12.1. The Morgan fingerprint density at radius 3 is 2.71 bits per heavy atom. The molecule has 0 radical (unpaired) electrons. The van der Waals surface area contributed by atoms with E-state index < -0.39 is 0 Å². The third-order valence-electron chi connectivity index (χ3n) is 4.22. The molecular weight excluding hydrogens is 212 g/mol. The molecule has 3 atom stereocenters. The minimum atomic E-state index is 0.279. The summed E-state index contributed by atoms with van der Waals surface area (Å²) >= 11 is 0. The second-order valence-electron chi connectivity index (χ2n) is 5.64. The third-order valence-corrected chi connectivity index (χ3v) is 4.22. The Morgan fingerprint density at radius 2 is 2.18 bits per heavy atom. The number of hydrogen-bond acceptors (Lipinski definition) is 2. The smallest absolute Gasteiger partial charge is 0.222 e. The molecule has 0 spiro atoms. The first kappa shape index (κ1) is 14.5. The molecule has 0 heterocycles. The van der Waals surface area contributed by atoms with Crippen LogP contribution in [-0.2, 0) is 4.79 Å². The zero-order valence-electron chi connectivity index (χ0n) is 11.6. The van der Waals surface area contributed by atoms with E-state index in [1.165, 1.54) is 25.7 Å². The molecule has 0 aromatic rings. The van der Waals surface area contributed by atoms with E-state index in [0.29, 0.717) is 24.9 Å². The topological polar surface area (TPSA) is 46.3 Å². The average Bonchev–Trinajstić information content (AvgIpc) is 2.34. The minimum absolute atomic E-state index is 0.279. The summed E-state index contributed by atoms with van der Waals surface area (Å²) in [7, 11) is 1.97. The summed E-state index contributed by atoms with van der Waals surface area (Å²) in [5.41, 5.74) is 5.66. The summed E-state index contributed by atoms with van der Waals surface area (Å²) in [5, 5.41) is 0. The summed E-state index contributed by atoms with van der Waals surface area (Å²) in [4.78, 5) is 14.1. The number of rotatable bonds is 5. The standard InChI is InChI=1S/C14H28N2O/c1-4-12(10-15)9-14(17)16(3)13-7-5-6-11(2)8-13/h11-13H,4-10,15H2,1-3H3. The Kier molecular flexibility index (Phi) is 5.96. The van der Waals surface area contributed by atoms with Crippen molar-refractivity contribution in [3.8, 4) is 0 Å². The van der Waals surface area contributed by atoms with Gasteiger partial charge in [0.1, 0.15) is 0 Å². The molecule has 3 heteroatoms. The predicted molar refractivity (Wildman–Crippen MR) is 71.6 cm³/mol. The van der Waals surface area contributed by atoms with E-state index >= 15 is 0 Å². The summed E-state index contributed by atoms with van der Waals surface area (Å²) < 4.78 is 0. The normalized spacial score (nSPS) is 26.6. The van der Waals surface area contributed by atoms with Gasteiger partial charge in [-0.2, -0.15) is 0 Å². The van der Waals surface area contributed by atoms with Gasteiger partial charge >= 0.3 is 0 Å². The quantitative estimate of drug-likeness (QED) is 0.802. The fourth-order valence-electron chi connectivity index (χ4n) is 2.74. The van der Waals surface area contributed by atoms with Crippen molar-refractivity contribution in [2.45, 2.75) is 58.4 Å². The van der Waals surface area contributed by atoms with Crippen LogP contribution in [0.25, 0.3) is 0 Å². The molecule has 0 aromatic carbocycles. The fourth-order valence-corrected chi connectivity index (χ4v) is 2.74. The van der Waals surface area contributed by atoms with E-state index in [9.17, 15) is 4.79 Å². The zero-order valence-corrected chi connectivity index (χ0v) is 11.6. The van der Waals surface area contributed by atoms with Gasteiger partial charge in [0, 0.05) is 19.5 Å². The second kappa shape index (κ2) is 7.00. The highest BCUT2D eigenvalue weighted by molar-refractivity contribution is 5.76. The third kappa shape index (κ3) is 4.30. The number of carbonyl (C=O) groups is 1. The monoisotopic (exact) mass is 240 g/mol. The van der Waals surface area contributed by atoms with Crippen molar-refractivity contribution in [2.24, 2.45) is 17.6 Å². The Labute approximate surface area is 106 Å². The van der Waals surface area contributed by atoms with E-state index in [1.807, 2.05) is 11.9 Å². The van der Waals surface area contributed by atoms with Crippen molar-refractivity contribution in [3.05, 3.63) is 0 Å². The van der Waals surface area contributed by atoms with Crippen molar-refractivity contribution in [2.75, 3.05) is 13.6 Å². The van der Waals surface area contributed by atoms with Gasteiger partial charge in [0.2, 0.25) is 5.91 Å². The molecule has 1 fully saturated rings. The maximum Gasteiger partial charge on any atom is 0.222 e. The van der Waals surface area contributed by atoms with E-state index in [-0.39, 0.29) is 5.91 Å². The van der Waals surface area contributed by atoms with Gasteiger partial charge in [0.25, 0.3) is 0 Å². The maximum absolute atomic E-state index is 12.1. The molecule has 0 aromatic heterocycles. The Bertz CT molecular complexity index is 238. The highest BCUT2D eigenvalue weighted by atomic mass is 16.2. The summed E-state index contributed by atoms with van der Waals surface area (Å²) in [6.45, 7) is 5.02. The number of amides is 1. The van der Waals surface area contributed by atoms with Crippen LogP contribution in [0, 0.1) is 11.8 Å². The van der Waals surface area contributed by atoms with Crippen molar-refractivity contribution in [3.63, 3.8) is 0 Å². The Balaban J connectivity index is 2.45. The van der Waals surface area contributed by atoms with Crippen LogP contribution in [0.1, 0.15) is 52.4 Å². The Morgan fingerprint density at radius 1 is 1.47 bits per heavy atom. The molecule has 3 unspecified atom stereocenters. The highest BCUT2D eigenvalue weighted by Gasteiger charge is 2.26. The van der Waals surface area contributed by atoms with Crippen LogP contribution >= 0.6 is 0 Å². The lowest BCUT2D eigenvalue weighted by Crippen LogP contribution is -2.40. The van der Waals surface area contributed by atoms with E-state index in [0.717, 1.165) is 12.3 Å². The van der Waals surface area contributed by atoms with Crippen LogP contribution in [0.5, 0.6) is 0 Å². The Hall–Kier alpha value is -0.570. The fraction of sp³-hybridized carbons (Fsp3) is 0.929. The number of carbonyl (C=O) groups excluding carboxylic acids is 1. The van der Waals surface area contributed by atoms with Crippen molar-refractivity contribution in [1.29, 1.82) is 0 Å². The SMILES string of the molecule is CCC(CN)CC(=O)N(C)C1CCCC(C)C1. The predicted octanol–water partition coefficient (Wildman–Crippen LogP) is 2.40. The second-order valence-corrected chi connectivity index (χ2v) is 5.64. The van der Waals surface area contributed by atoms with Crippen LogP contribution in [-0.4, -0.2) is 30.4 Å². The van der Waals surface area contributed by atoms with E-state index in [4.69, 9.17) is 5.73 Å². The van der Waals surface area contributed by atoms with Gasteiger partial charge in [-0.05, 0) is 31.2 Å². The first-order valence-electron chi connectivity index (χ1n) is 7.04. The number of nitrogens with two attached hydrogens (primary N) is 1. The van der Waals surface area contributed by atoms with Crippen LogP contribution in [0.3, 0.4) is 0 Å². The minimum Gasteiger partial charge on any atom is -0.343 e. The molecule has 1 rings (SSSR count). The molecule has 3 nitrogen and oxygen atoms in total. The van der Waals surface area contributed by atoms with Crippen LogP contribution in [0.4, 0.5) is 0 Å². The molecule has 1 amide bonds. The molecule has 100 valence electrons. The van der Waals surface area contributed by atoms with Gasteiger partial charge in [0.05, 0.1) is 0 Å². The van der Waals surface area contributed by atoms with E-state index in [1.54, 1.807) is 0 Å². The van der Waals surface area contributed by atoms with Gasteiger partial charge in [-0.3, -0.25) is 4.79 Å². The van der Waals surface area contributed by atoms with E-state index in [2.05, 4.69) is 13.8 Å². The largest absolute Gasteiger partial charge is 0.343 e. The first-order valence-corrected chi connectivity index (χ1v) is 7.04. The summed E-state index contributed by atoms with van der Waals surface area (Å²) in [5.74, 6) is 1.40. The molecule has 0 aliphatic heterocycles. The number of nitrogens with zero attached hydrogens (tertiary/aromatic N) is 1. The molecular formula is C14H28N2O. The highest BCUT2D eigenvalue weighted by Crippen LogP contribution is 2.27. The lowest BCUT2D eigenvalue weighted by Gasteiger charge is -2.34. The lowest BCUT2D eigenvalue weighted by molar-refractivity contribution is -0.133. The summed E-state index contributed by atoms with van der Waals surface area (Å²) in [6, 6.07) is 0.460. The first-order chi connectivity index (χ1) is 8.08. The van der Waals surface area contributed by atoms with Crippen LogP contribution < -0.4 is 5.73 Å². The van der Waals surface area contributed by atoms with Crippen molar-refractivity contribution in [1.82, 2.24) is 4.90 Å². The molecule has 0 bridgehead atoms. The van der Waals surface area contributed by atoms with Gasteiger partial charge < -0.3 is 10.6 Å². The van der Waals surface area contributed by atoms with Gasteiger partial charge in [-0.1, -0.05) is 33.1 Å². The van der Waals surface area contributed by atoms with Crippen molar-refractivity contribution < 1.29 is 4.79 Å². The van der Waals surface area contributed by atoms with Gasteiger partial charge in [-0.15, -0.1) is 0 Å². The zero-order chi connectivity index (χ0) is 12.8. The average molecular weight is 240 g/mol. The molecule has 1 aliphatic carbocycles. The van der Waals surface area contributed by atoms with Gasteiger partial charge in [0.15, 0.2) is 0 Å². The van der Waals surface area contributed by atoms with Gasteiger partial charge in [-0.25, -0.2) is 0 Å². The molecule has 17 heavy (non-hydrogen) atoms.